The lowest BCUT2D eigenvalue weighted by Crippen LogP contribution is -2.34. The van der Waals surface area contributed by atoms with Gasteiger partial charge in [0.1, 0.15) is 12.1 Å². The molecule has 0 aliphatic carbocycles. The molecular weight excluding hydrogens is 234 g/mol. The number of alkyl halides is 1. The molecule has 1 aliphatic heterocycles. The fourth-order valence-electron chi connectivity index (χ4n) is 2.17. The number of piperidine rings is 1. The Bertz CT molecular complexity index is 359. The van der Waals surface area contributed by atoms with Crippen LogP contribution in [-0.4, -0.2) is 28.9 Å². The molecule has 94 valence electrons. The molecule has 1 saturated heterocycles. The van der Waals surface area contributed by atoms with Crippen LogP contribution in [0.25, 0.3) is 0 Å². The first-order valence-corrected chi connectivity index (χ1v) is 6.87. The summed E-state index contributed by atoms with van der Waals surface area (Å²) < 4.78 is 0. The Labute approximate surface area is 108 Å². The van der Waals surface area contributed by atoms with Gasteiger partial charge in [0, 0.05) is 30.7 Å². The fraction of sp³-hybridized carbons (Fsp3) is 0.692. The lowest BCUT2D eigenvalue weighted by molar-refractivity contribution is 0.440. The van der Waals surface area contributed by atoms with Gasteiger partial charge in [0.15, 0.2) is 0 Å². The molecule has 0 atom stereocenters. The predicted octanol–water partition coefficient (Wildman–Crippen LogP) is 3.06. The van der Waals surface area contributed by atoms with Crippen LogP contribution in [-0.2, 0) is 0 Å². The maximum Gasteiger partial charge on any atom is 0.132 e. The second kappa shape index (κ2) is 5.67. The monoisotopic (exact) mass is 253 g/mol. The van der Waals surface area contributed by atoms with Gasteiger partial charge in [-0.25, -0.2) is 9.97 Å². The summed E-state index contributed by atoms with van der Waals surface area (Å²) in [6, 6.07) is 2.12. The first-order valence-electron chi connectivity index (χ1n) is 6.33. The molecule has 1 aromatic rings. The molecule has 17 heavy (non-hydrogen) atoms. The zero-order valence-corrected chi connectivity index (χ0v) is 11.3. The largest absolute Gasteiger partial charge is 0.356 e. The van der Waals surface area contributed by atoms with Crippen molar-refractivity contribution >= 4 is 17.4 Å². The van der Waals surface area contributed by atoms with Crippen molar-refractivity contribution in [1.29, 1.82) is 0 Å². The smallest absolute Gasteiger partial charge is 0.132 e. The summed E-state index contributed by atoms with van der Waals surface area (Å²) in [4.78, 5) is 11.0. The molecule has 0 radical (unpaired) electrons. The predicted molar refractivity (Wildman–Crippen MR) is 71.8 cm³/mol. The molecule has 1 aliphatic rings. The van der Waals surface area contributed by atoms with Gasteiger partial charge in [-0.15, -0.1) is 11.6 Å². The average molecular weight is 254 g/mol. The van der Waals surface area contributed by atoms with Crippen LogP contribution in [0.3, 0.4) is 0 Å². The molecule has 2 heterocycles. The Balaban J connectivity index is 2.05. The highest BCUT2D eigenvalue weighted by Gasteiger charge is 2.19. The van der Waals surface area contributed by atoms with Crippen LogP contribution in [0, 0.1) is 5.92 Å². The summed E-state index contributed by atoms with van der Waals surface area (Å²) in [7, 11) is 0. The van der Waals surface area contributed by atoms with Gasteiger partial charge in [-0.3, -0.25) is 0 Å². The van der Waals surface area contributed by atoms with Gasteiger partial charge in [-0.05, 0) is 24.7 Å². The zero-order valence-electron chi connectivity index (χ0n) is 10.6. The zero-order chi connectivity index (χ0) is 12.3. The maximum atomic E-state index is 5.90. The van der Waals surface area contributed by atoms with Crippen molar-refractivity contribution in [2.75, 3.05) is 23.9 Å². The molecule has 2 rings (SSSR count). The van der Waals surface area contributed by atoms with E-state index in [0.717, 1.165) is 30.5 Å². The van der Waals surface area contributed by atoms with E-state index >= 15 is 0 Å². The van der Waals surface area contributed by atoms with Crippen LogP contribution in [0.2, 0.25) is 0 Å². The van der Waals surface area contributed by atoms with E-state index in [1.165, 1.54) is 12.8 Å². The van der Waals surface area contributed by atoms with E-state index in [1.54, 1.807) is 6.33 Å². The molecule has 0 bridgehead atoms. The Hall–Kier alpha value is -0.830. The number of anilines is 1. The maximum absolute atomic E-state index is 5.90. The summed E-state index contributed by atoms with van der Waals surface area (Å²) >= 11 is 5.90. The van der Waals surface area contributed by atoms with Crippen molar-refractivity contribution < 1.29 is 0 Å². The molecule has 1 aromatic heterocycles. The number of nitrogens with zero attached hydrogens (tertiary/aromatic N) is 3. The van der Waals surface area contributed by atoms with Gasteiger partial charge in [0.05, 0.1) is 0 Å². The van der Waals surface area contributed by atoms with E-state index in [1.807, 2.05) is 0 Å². The Morgan fingerprint density at radius 2 is 2.06 bits per heavy atom. The van der Waals surface area contributed by atoms with Crippen molar-refractivity contribution in [1.82, 2.24) is 9.97 Å². The van der Waals surface area contributed by atoms with Gasteiger partial charge < -0.3 is 4.90 Å². The first kappa shape index (κ1) is 12.6. The molecule has 0 amide bonds. The minimum atomic E-state index is 0.456. The Morgan fingerprint density at radius 1 is 1.35 bits per heavy atom. The highest BCUT2D eigenvalue weighted by Crippen LogP contribution is 2.23. The van der Waals surface area contributed by atoms with E-state index in [9.17, 15) is 0 Å². The quantitative estimate of drug-likeness (QED) is 0.776. The minimum Gasteiger partial charge on any atom is -0.356 e. The normalized spacial score (nSPS) is 17.8. The van der Waals surface area contributed by atoms with E-state index in [4.69, 9.17) is 11.6 Å². The molecule has 4 heteroatoms. The summed E-state index contributed by atoms with van der Waals surface area (Å²) in [5.41, 5.74) is 1.12. The number of hydrogen-bond acceptors (Lipinski definition) is 3. The second-order valence-electron chi connectivity index (χ2n) is 5.04. The third kappa shape index (κ3) is 3.09. The van der Waals surface area contributed by atoms with Gasteiger partial charge in [0.2, 0.25) is 0 Å². The summed E-state index contributed by atoms with van der Waals surface area (Å²) in [5.74, 6) is 2.99. The Kier molecular flexibility index (Phi) is 4.21. The van der Waals surface area contributed by atoms with E-state index in [2.05, 4.69) is 34.8 Å². The van der Waals surface area contributed by atoms with Crippen LogP contribution >= 0.6 is 11.6 Å². The topological polar surface area (TPSA) is 29.0 Å². The molecule has 0 N–H and O–H groups in total. The molecule has 1 fully saturated rings. The third-order valence-electron chi connectivity index (χ3n) is 3.42. The van der Waals surface area contributed by atoms with Crippen LogP contribution in [0.15, 0.2) is 12.4 Å². The average Bonchev–Trinajstić information content (AvgIpc) is 2.39. The number of hydrogen-bond donors (Lipinski definition) is 0. The molecule has 0 unspecified atom stereocenters. The van der Waals surface area contributed by atoms with Crippen LogP contribution in [0.1, 0.15) is 38.3 Å². The second-order valence-corrected chi connectivity index (χ2v) is 5.35. The van der Waals surface area contributed by atoms with Crippen molar-refractivity contribution in [3.63, 3.8) is 0 Å². The standard InChI is InChI=1S/C13H20ClN3/c1-10(2)12-7-13(16-9-15-12)17-5-3-11(8-14)4-6-17/h7,9-11H,3-6,8H2,1-2H3. The first-order chi connectivity index (χ1) is 8.20. The summed E-state index contributed by atoms with van der Waals surface area (Å²) in [5, 5.41) is 0. The van der Waals surface area contributed by atoms with E-state index in [0.29, 0.717) is 11.8 Å². The van der Waals surface area contributed by atoms with Crippen molar-refractivity contribution in [3.05, 3.63) is 18.1 Å². The lowest BCUT2D eigenvalue weighted by Gasteiger charge is -2.32. The molecule has 0 spiro atoms. The number of aromatic nitrogens is 2. The van der Waals surface area contributed by atoms with Crippen molar-refractivity contribution in [2.24, 2.45) is 5.92 Å². The van der Waals surface area contributed by atoms with Crippen LogP contribution < -0.4 is 4.90 Å². The van der Waals surface area contributed by atoms with E-state index in [-0.39, 0.29) is 0 Å². The molecular formula is C13H20ClN3. The Morgan fingerprint density at radius 3 is 2.65 bits per heavy atom. The molecule has 0 aromatic carbocycles. The third-order valence-corrected chi connectivity index (χ3v) is 3.86. The van der Waals surface area contributed by atoms with Gasteiger partial charge in [-0.2, -0.15) is 0 Å². The van der Waals surface area contributed by atoms with Crippen LogP contribution in [0.5, 0.6) is 0 Å². The molecule has 0 saturated carbocycles. The lowest BCUT2D eigenvalue weighted by atomic mass is 9.99. The summed E-state index contributed by atoms with van der Waals surface area (Å²) in [6.07, 6.45) is 4.02. The highest BCUT2D eigenvalue weighted by molar-refractivity contribution is 6.18. The fourth-order valence-corrected chi connectivity index (χ4v) is 2.48. The number of rotatable bonds is 3. The van der Waals surface area contributed by atoms with Crippen molar-refractivity contribution in [2.45, 2.75) is 32.6 Å². The van der Waals surface area contributed by atoms with Gasteiger partial charge in [0.25, 0.3) is 0 Å². The van der Waals surface area contributed by atoms with E-state index < -0.39 is 0 Å². The number of halogens is 1. The SMILES string of the molecule is CC(C)c1cc(N2CCC(CCl)CC2)ncn1. The molecule has 3 nitrogen and oxygen atoms in total. The summed E-state index contributed by atoms with van der Waals surface area (Å²) in [6.45, 7) is 6.44. The van der Waals surface area contributed by atoms with Crippen LogP contribution in [0.4, 0.5) is 5.82 Å². The minimum absolute atomic E-state index is 0.456. The van der Waals surface area contributed by atoms with Crippen molar-refractivity contribution in [3.8, 4) is 0 Å². The van der Waals surface area contributed by atoms with Gasteiger partial charge in [-0.1, -0.05) is 13.8 Å². The van der Waals surface area contributed by atoms with Gasteiger partial charge >= 0.3 is 0 Å². The highest BCUT2D eigenvalue weighted by atomic mass is 35.5.